The quantitative estimate of drug-likeness (QED) is 0.763. The Kier molecular flexibility index (Phi) is 6.74. The maximum absolute atomic E-state index is 12.9. The summed E-state index contributed by atoms with van der Waals surface area (Å²) in [7, 11) is 1.83. The van der Waals surface area contributed by atoms with Gasteiger partial charge in [-0.3, -0.25) is 4.79 Å². The monoisotopic (exact) mass is 404 g/mol. The molecule has 0 bridgehead atoms. The molecule has 1 aliphatic heterocycles. The Morgan fingerprint density at radius 2 is 2.04 bits per heavy atom. The van der Waals surface area contributed by atoms with Crippen molar-refractivity contribution in [1.29, 1.82) is 0 Å². The number of hydrogen-bond acceptors (Lipinski definition) is 4. The fourth-order valence-corrected chi connectivity index (χ4v) is 6.37. The number of thiophene rings is 1. The standard InChI is InChI=1S/C23H36N2O2S/c1-27-19-9-6-13-25(15-19)17-23(11-7-12-23)16-24-22(26)21-14-18-8-4-2-3-5-10-20(18)28-21/h14,19H,2-13,15-17H2,1H3,(H,24,26). The number of nitrogens with one attached hydrogen (secondary N) is 1. The Bertz CT molecular complexity index is 642. The van der Waals surface area contributed by atoms with Crippen LogP contribution >= 0.6 is 11.3 Å². The Morgan fingerprint density at radius 1 is 1.21 bits per heavy atom. The minimum atomic E-state index is 0.149. The van der Waals surface area contributed by atoms with Gasteiger partial charge in [-0.25, -0.2) is 0 Å². The first-order valence-electron chi connectivity index (χ1n) is 11.3. The van der Waals surface area contributed by atoms with E-state index in [9.17, 15) is 4.79 Å². The van der Waals surface area contributed by atoms with Gasteiger partial charge in [-0.15, -0.1) is 11.3 Å². The molecule has 1 saturated carbocycles. The van der Waals surface area contributed by atoms with E-state index in [1.54, 1.807) is 11.3 Å². The molecular formula is C23H36N2O2S. The van der Waals surface area contributed by atoms with Crippen molar-refractivity contribution in [2.75, 3.05) is 33.3 Å². The number of aryl methyl sites for hydroxylation is 2. The summed E-state index contributed by atoms with van der Waals surface area (Å²) in [4.78, 5) is 17.8. The van der Waals surface area contributed by atoms with Gasteiger partial charge in [0.15, 0.2) is 0 Å². The molecule has 1 atom stereocenters. The number of carbonyl (C=O) groups excluding carboxylic acids is 1. The summed E-state index contributed by atoms with van der Waals surface area (Å²) >= 11 is 1.74. The zero-order valence-electron chi connectivity index (χ0n) is 17.4. The van der Waals surface area contributed by atoms with E-state index in [0.29, 0.717) is 6.10 Å². The number of piperidine rings is 1. The average Bonchev–Trinajstić information content (AvgIpc) is 3.05. The lowest BCUT2D eigenvalue weighted by molar-refractivity contribution is -0.00387. The van der Waals surface area contributed by atoms with Crippen LogP contribution in [-0.2, 0) is 17.6 Å². The van der Waals surface area contributed by atoms with E-state index in [4.69, 9.17) is 4.74 Å². The summed E-state index contributed by atoms with van der Waals surface area (Å²) in [6, 6.07) is 2.18. The zero-order valence-corrected chi connectivity index (χ0v) is 18.2. The highest BCUT2D eigenvalue weighted by atomic mass is 32.1. The van der Waals surface area contributed by atoms with E-state index in [1.807, 2.05) is 7.11 Å². The fraction of sp³-hybridized carbons (Fsp3) is 0.783. The molecule has 4 nitrogen and oxygen atoms in total. The number of amides is 1. The smallest absolute Gasteiger partial charge is 0.261 e. The molecule has 0 spiro atoms. The van der Waals surface area contributed by atoms with Gasteiger partial charge in [0.25, 0.3) is 5.91 Å². The third kappa shape index (κ3) is 4.80. The van der Waals surface area contributed by atoms with Crippen molar-refractivity contribution in [2.45, 2.75) is 76.7 Å². The van der Waals surface area contributed by atoms with Gasteiger partial charge < -0.3 is 15.0 Å². The third-order valence-electron chi connectivity index (χ3n) is 7.11. The first-order chi connectivity index (χ1) is 13.7. The summed E-state index contributed by atoms with van der Waals surface area (Å²) < 4.78 is 5.59. The van der Waals surface area contributed by atoms with Crippen LogP contribution in [0.5, 0.6) is 0 Å². The van der Waals surface area contributed by atoms with Crippen LogP contribution in [0, 0.1) is 5.41 Å². The Hall–Kier alpha value is -0.910. The van der Waals surface area contributed by atoms with Crippen molar-refractivity contribution < 1.29 is 9.53 Å². The van der Waals surface area contributed by atoms with Crippen LogP contribution < -0.4 is 5.32 Å². The van der Waals surface area contributed by atoms with Gasteiger partial charge >= 0.3 is 0 Å². The van der Waals surface area contributed by atoms with Crippen molar-refractivity contribution in [3.8, 4) is 0 Å². The normalized spacial score (nSPS) is 25.2. The minimum absolute atomic E-state index is 0.149. The van der Waals surface area contributed by atoms with Gasteiger partial charge in [0.05, 0.1) is 11.0 Å². The second-order valence-electron chi connectivity index (χ2n) is 9.24. The molecule has 2 aliphatic carbocycles. The van der Waals surface area contributed by atoms with Gasteiger partial charge in [-0.2, -0.15) is 0 Å². The van der Waals surface area contributed by atoms with E-state index < -0.39 is 0 Å². The maximum Gasteiger partial charge on any atom is 0.261 e. The highest BCUT2D eigenvalue weighted by molar-refractivity contribution is 7.14. The number of nitrogens with zero attached hydrogens (tertiary/aromatic N) is 1. The Balaban J connectivity index is 1.33. The van der Waals surface area contributed by atoms with Crippen molar-refractivity contribution in [1.82, 2.24) is 10.2 Å². The van der Waals surface area contributed by atoms with Crippen LogP contribution in [0.3, 0.4) is 0 Å². The lowest BCUT2D eigenvalue weighted by Gasteiger charge is -2.46. The average molecular weight is 405 g/mol. The molecule has 1 unspecified atom stereocenters. The maximum atomic E-state index is 12.9. The number of likely N-dealkylation sites (tertiary alicyclic amines) is 1. The van der Waals surface area contributed by atoms with Gasteiger partial charge in [-0.1, -0.05) is 19.3 Å². The van der Waals surface area contributed by atoms with E-state index in [1.165, 1.54) is 74.8 Å². The SMILES string of the molecule is COC1CCCN(CC2(CNC(=O)c3cc4c(s3)CCCCCC4)CCC2)C1. The second kappa shape index (κ2) is 9.27. The predicted molar refractivity (Wildman–Crippen MR) is 115 cm³/mol. The van der Waals surface area contributed by atoms with Gasteiger partial charge in [0, 0.05) is 37.0 Å². The Labute approximate surface area is 174 Å². The van der Waals surface area contributed by atoms with Gasteiger partial charge in [-0.05, 0) is 69.5 Å². The van der Waals surface area contributed by atoms with Crippen LogP contribution in [-0.4, -0.2) is 50.2 Å². The lowest BCUT2D eigenvalue weighted by Crippen LogP contribution is -2.52. The molecular weight excluding hydrogens is 368 g/mol. The van der Waals surface area contributed by atoms with Crippen LogP contribution in [0.2, 0.25) is 0 Å². The van der Waals surface area contributed by atoms with Crippen molar-refractivity contribution >= 4 is 17.2 Å². The second-order valence-corrected chi connectivity index (χ2v) is 10.4. The highest BCUT2D eigenvalue weighted by Gasteiger charge is 2.39. The molecule has 2 fully saturated rings. The summed E-state index contributed by atoms with van der Waals surface area (Å²) in [6.07, 6.45) is 14.1. The molecule has 3 aliphatic rings. The van der Waals surface area contributed by atoms with Crippen LogP contribution in [0.15, 0.2) is 6.07 Å². The molecule has 2 heterocycles. The lowest BCUT2D eigenvalue weighted by atomic mass is 9.68. The van der Waals surface area contributed by atoms with Gasteiger partial charge in [0.1, 0.15) is 0 Å². The topological polar surface area (TPSA) is 41.6 Å². The molecule has 4 rings (SSSR count). The fourth-order valence-electron chi connectivity index (χ4n) is 5.20. The van der Waals surface area contributed by atoms with E-state index in [0.717, 1.165) is 37.4 Å². The predicted octanol–water partition coefficient (Wildman–Crippen LogP) is 4.42. The number of hydrogen-bond donors (Lipinski definition) is 1. The van der Waals surface area contributed by atoms with Crippen LogP contribution in [0.4, 0.5) is 0 Å². The molecule has 28 heavy (non-hydrogen) atoms. The van der Waals surface area contributed by atoms with Gasteiger partial charge in [0.2, 0.25) is 0 Å². The molecule has 1 saturated heterocycles. The number of rotatable bonds is 6. The number of fused-ring (bicyclic) bond motifs is 1. The minimum Gasteiger partial charge on any atom is -0.380 e. The number of methoxy groups -OCH3 is 1. The number of carbonyl (C=O) groups is 1. The largest absolute Gasteiger partial charge is 0.380 e. The number of ether oxygens (including phenoxy) is 1. The summed E-state index contributed by atoms with van der Waals surface area (Å²) in [6.45, 7) is 4.15. The van der Waals surface area contributed by atoms with E-state index in [-0.39, 0.29) is 11.3 Å². The first kappa shape index (κ1) is 20.4. The van der Waals surface area contributed by atoms with Crippen molar-refractivity contribution in [2.24, 2.45) is 5.41 Å². The zero-order chi connectivity index (χ0) is 19.4. The first-order valence-corrected chi connectivity index (χ1v) is 12.1. The van der Waals surface area contributed by atoms with Crippen molar-refractivity contribution in [3.05, 3.63) is 21.4 Å². The molecule has 0 aromatic carbocycles. The van der Waals surface area contributed by atoms with Crippen molar-refractivity contribution in [3.63, 3.8) is 0 Å². The van der Waals surface area contributed by atoms with Crippen LogP contribution in [0.25, 0.3) is 0 Å². The molecule has 1 amide bonds. The highest BCUT2D eigenvalue weighted by Crippen LogP contribution is 2.41. The molecule has 0 radical (unpaired) electrons. The van der Waals surface area contributed by atoms with E-state index in [2.05, 4.69) is 16.3 Å². The molecule has 156 valence electrons. The van der Waals surface area contributed by atoms with Crippen LogP contribution in [0.1, 0.15) is 77.9 Å². The van der Waals surface area contributed by atoms with E-state index >= 15 is 0 Å². The molecule has 5 heteroatoms. The third-order valence-corrected chi connectivity index (χ3v) is 8.35. The summed E-state index contributed by atoms with van der Waals surface area (Å²) in [5, 5.41) is 3.31. The molecule has 1 aromatic rings. The summed E-state index contributed by atoms with van der Waals surface area (Å²) in [5.41, 5.74) is 1.71. The molecule has 1 aromatic heterocycles. The molecule has 1 N–H and O–H groups in total. The summed E-state index contributed by atoms with van der Waals surface area (Å²) in [5.74, 6) is 0.149. The Morgan fingerprint density at radius 3 is 2.79 bits per heavy atom.